The molecule has 0 N–H and O–H groups in total. The molecule has 1 aromatic rings. The summed E-state index contributed by atoms with van der Waals surface area (Å²) in [6.45, 7) is 1.98. The van der Waals surface area contributed by atoms with Crippen molar-refractivity contribution in [2.24, 2.45) is 0 Å². The van der Waals surface area contributed by atoms with E-state index in [9.17, 15) is 0 Å². The van der Waals surface area contributed by atoms with Crippen LogP contribution < -0.4 is 0 Å². The lowest BCUT2D eigenvalue weighted by Gasteiger charge is -2.17. The van der Waals surface area contributed by atoms with E-state index >= 15 is 0 Å². The van der Waals surface area contributed by atoms with Crippen LogP contribution in [0.2, 0.25) is 0 Å². The molecule has 0 radical (unpaired) electrons. The Morgan fingerprint density at radius 3 is 2.82 bits per heavy atom. The maximum Gasteiger partial charge on any atom is 0.103 e. The molecule has 2 rings (SSSR count). The third-order valence-electron chi connectivity index (χ3n) is 3.46. The summed E-state index contributed by atoms with van der Waals surface area (Å²) in [6, 6.07) is 2.57. The SMILES string of the molecule is COC(C)c1c(CC#N)nnn1C1CCCC1. The second kappa shape index (κ2) is 5.28. The third-order valence-corrected chi connectivity index (χ3v) is 3.46. The van der Waals surface area contributed by atoms with Crippen LogP contribution >= 0.6 is 0 Å². The van der Waals surface area contributed by atoms with E-state index in [1.165, 1.54) is 12.8 Å². The summed E-state index contributed by atoms with van der Waals surface area (Å²) >= 11 is 0. The van der Waals surface area contributed by atoms with E-state index in [0.717, 1.165) is 24.2 Å². The largest absolute Gasteiger partial charge is 0.375 e. The first kappa shape index (κ1) is 12.1. The maximum atomic E-state index is 8.81. The Balaban J connectivity index is 2.34. The van der Waals surface area contributed by atoms with Gasteiger partial charge >= 0.3 is 0 Å². The number of nitriles is 1. The summed E-state index contributed by atoms with van der Waals surface area (Å²) < 4.78 is 7.35. The molecule has 0 aromatic carbocycles. The molecule has 1 fully saturated rings. The quantitative estimate of drug-likeness (QED) is 0.800. The minimum atomic E-state index is -0.0612. The Bertz CT molecular complexity index is 415. The molecule has 0 spiro atoms. The van der Waals surface area contributed by atoms with Gasteiger partial charge in [-0.25, -0.2) is 4.68 Å². The van der Waals surface area contributed by atoms with Gasteiger partial charge in [0.25, 0.3) is 0 Å². The van der Waals surface area contributed by atoms with Crippen molar-refractivity contribution < 1.29 is 4.74 Å². The summed E-state index contributed by atoms with van der Waals surface area (Å²) in [5.74, 6) is 0. The molecule has 1 atom stereocenters. The van der Waals surface area contributed by atoms with Crippen molar-refractivity contribution in [1.82, 2.24) is 15.0 Å². The molecule has 5 heteroatoms. The van der Waals surface area contributed by atoms with Gasteiger partial charge in [0.2, 0.25) is 0 Å². The third kappa shape index (κ3) is 2.32. The van der Waals surface area contributed by atoms with Gasteiger partial charge in [0.1, 0.15) is 5.69 Å². The first-order chi connectivity index (χ1) is 8.27. The highest BCUT2D eigenvalue weighted by Crippen LogP contribution is 2.32. The van der Waals surface area contributed by atoms with Crippen molar-refractivity contribution in [1.29, 1.82) is 5.26 Å². The zero-order chi connectivity index (χ0) is 12.3. The van der Waals surface area contributed by atoms with E-state index in [0.29, 0.717) is 12.5 Å². The topological polar surface area (TPSA) is 63.7 Å². The van der Waals surface area contributed by atoms with Crippen LogP contribution in [0.4, 0.5) is 0 Å². The lowest BCUT2D eigenvalue weighted by atomic mass is 10.1. The summed E-state index contributed by atoms with van der Waals surface area (Å²) in [6.07, 6.45) is 5.04. The van der Waals surface area contributed by atoms with Gasteiger partial charge in [0, 0.05) is 7.11 Å². The van der Waals surface area contributed by atoms with Crippen LogP contribution in [0.3, 0.4) is 0 Å². The van der Waals surface area contributed by atoms with Crippen LogP contribution in [0.5, 0.6) is 0 Å². The number of methoxy groups -OCH3 is 1. The van der Waals surface area contributed by atoms with Gasteiger partial charge in [-0.15, -0.1) is 5.10 Å². The summed E-state index contributed by atoms with van der Waals surface area (Å²) in [7, 11) is 1.67. The maximum absolute atomic E-state index is 8.81. The first-order valence-corrected chi connectivity index (χ1v) is 6.11. The number of nitrogens with zero attached hydrogens (tertiary/aromatic N) is 4. The Kier molecular flexibility index (Phi) is 3.75. The van der Waals surface area contributed by atoms with Crippen molar-refractivity contribution in [2.45, 2.75) is 51.2 Å². The van der Waals surface area contributed by atoms with Crippen molar-refractivity contribution in [3.8, 4) is 6.07 Å². The predicted octanol–water partition coefficient (Wildman–Crippen LogP) is 2.17. The molecular formula is C12H18N4O. The number of ether oxygens (including phenoxy) is 1. The molecule has 1 unspecified atom stereocenters. The summed E-state index contributed by atoms with van der Waals surface area (Å²) in [4.78, 5) is 0. The number of hydrogen-bond donors (Lipinski definition) is 0. The lowest BCUT2D eigenvalue weighted by Crippen LogP contribution is -2.14. The fourth-order valence-electron chi connectivity index (χ4n) is 2.49. The highest BCUT2D eigenvalue weighted by atomic mass is 16.5. The van der Waals surface area contributed by atoms with Gasteiger partial charge in [0.15, 0.2) is 0 Å². The fourth-order valence-corrected chi connectivity index (χ4v) is 2.49. The average molecular weight is 234 g/mol. The molecule has 17 heavy (non-hydrogen) atoms. The Hall–Kier alpha value is -1.41. The van der Waals surface area contributed by atoms with Crippen LogP contribution in [0, 0.1) is 11.3 Å². The van der Waals surface area contributed by atoms with Gasteiger partial charge in [-0.2, -0.15) is 5.26 Å². The zero-order valence-corrected chi connectivity index (χ0v) is 10.4. The molecule has 0 amide bonds. The fraction of sp³-hybridized carbons (Fsp3) is 0.750. The molecule has 1 aliphatic rings. The Morgan fingerprint density at radius 1 is 1.53 bits per heavy atom. The first-order valence-electron chi connectivity index (χ1n) is 6.11. The predicted molar refractivity (Wildman–Crippen MR) is 62.3 cm³/mol. The van der Waals surface area contributed by atoms with Crippen molar-refractivity contribution >= 4 is 0 Å². The van der Waals surface area contributed by atoms with E-state index in [1.807, 2.05) is 11.6 Å². The molecule has 1 aliphatic carbocycles. The highest BCUT2D eigenvalue weighted by molar-refractivity contribution is 5.17. The monoisotopic (exact) mass is 234 g/mol. The number of aromatic nitrogens is 3. The highest BCUT2D eigenvalue weighted by Gasteiger charge is 2.25. The number of hydrogen-bond acceptors (Lipinski definition) is 4. The van der Waals surface area contributed by atoms with Crippen molar-refractivity contribution in [2.75, 3.05) is 7.11 Å². The normalized spacial score (nSPS) is 18.2. The van der Waals surface area contributed by atoms with Gasteiger partial charge in [-0.3, -0.25) is 0 Å². The van der Waals surface area contributed by atoms with Crippen LogP contribution in [0.25, 0.3) is 0 Å². The van der Waals surface area contributed by atoms with Crippen LogP contribution in [-0.4, -0.2) is 22.1 Å². The van der Waals surface area contributed by atoms with E-state index in [-0.39, 0.29) is 6.10 Å². The van der Waals surface area contributed by atoms with Crippen molar-refractivity contribution in [3.63, 3.8) is 0 Å². The van der Waals surface area contributed by atoms with Crippen LogP contribution in [0.15, 0.2) is 0 Å². The van der Waals surface area contributed by atoms with E-state index in [4.69, 9.17) is 10.00 Å². The zero-order valence-electron chi connectivity index (χ0n) is 10.4. The van der Waals surface area contributed by atoms with E-state index in [1.54, 1.807) is 7.11 Å². The standard InChI is InChI=1S/C12H18N4O/c1-9(17-2)12-11(7-8-13)14-15-16(12)10-5-3-4-6-10/h9-10H,3-7H2,1-2H3. The van der Waals surface area contributed by atoms with E-state index in [2.05, 4.69) is 16.4 Å². The van der Waals surface area contributed by atoms with Crippen LogP contribution in [0.1, 0.15) is 56.1 Å². The minimum Gasteiger partial charge on any atom is -0.375 e. The molecular weight excluding hydrogens is 216 g/mol. The van der Waals surface area contributed by atoms with E-state index < -0.39 is 0 Å². The Morgan fingerprint density at radius 2 is 2.24 bits per heavy atom. The average Bonchev–Trinajstić information content (AvgIpc) is 2.96. The molecule has 1 heterocycles. The molecule has 1 saturated carbocycles. The van der Waals surface area contributed by atoms with Gasteiger partial charge in [0.05, 0.1) is 30.3 Å². The molecule has 0 bridgehead atoms. The smallest absolute Gasteiger partial charge is 0.103 e. The molecule has 5 nitrogen and oxygen atoms in total. The molecule has 0 aliphatic heterocycles. The summed E-state index contributed by atoms with van der Waals surface area (Å²) in [5.41, 5.74) is 1.73. The van der Waals surface area contributed by atoms with Crippen molar-refractivity contribution in [3.05, 3.63) is 11.4 Å². The van der Waals surface area contributed by atoms with Gasteiger partial charge < -0.3 is 4.74 Å². The lowest BCUT2D eigenvalue weighted by molar-refractivity contribution is 0.108. The molecule has 1 aromatic heterocycles. The van der Waals surface area contributed by atoms with Crippen LogP contribution in [-0.2, 0) is 11.2 Å². The summed E-state index contributed by atoms with van der Waals surface area (Å²) in [5, 5.41) is 17.2. The van der Waals surface area contributed by atoms with Gasteiger partial charge in [-0.05, 0) is 19.8 Å². The molecule has 92 valence electrons. The minimum absolute atomic E-state index is 0.0612. The van der Waals surface area contributed by atoms with Gasteiger partial charge in [-0.1, -0.05) is 18.1 Å². The second-order valence-electron chi connectivity index (χ2n) is 4.52. The molecule has 0 saturated heterocycles. The second-order valence-corrected chi connectivity index (χ2v) is 4.52. The Labute approximate surface area is 101 Å². The number of rotatable bonds is 4.